The van der Waals surface area contributed by atoms with Crippen LogP contribution in [0.1, 0.15) is 46.0 Å². The van der Waals surface area contributed by atoms with Crippen LogP contribution >= 0.6 is 0 Å². The van der Waals surface area contributed by atoms with Gasteiger partial charge < -0.3 is 14.4 Å². The van der Waals surface area contributed by atoms with Gasteiger partial charge in [0.1, 0.15) is 5.82 Å². The molecule has 3 rings (SSSR count). The number of hydrogen-bond donors (Lipinski definition) is 0. The van der Waals surface area contributed by atoms with Gasteiger partial charge in [0.25, 0.3) is 5.91 Å². The topological polar surface area (TPSA) is 72.9 Å². The van der Waals surface area contributed by atoms with E-state index in [1.807, 2.05) is 0 Å². The Labute approximate surface area is 180 Å². The van der Waals surface area contributed by atoms with Crippen molar-refractivity contribution < 1.29 is 28.2 Å². The number of hydrogen-bond acceptors (Lipinski definition) is 5. The molecule has 0 radical (unpaired) electrons. The first-order chi connectivity index (χ1) is 14.9. The zero-order valence-corrected chi connectivity index (χ0v) is 17.7. The summed E-state index contributed by atoms with van der Waals surface area (Å²) < 4.78 is 24.5. The number of benzene rings is 2. The van der Waals surface area contributed by atoms with Gasteiger partial charge >= 0.3 is 11.9 Å². The average Bonchev–Trinajstić information content (AvgIpc) is 2.80. The highest BCUT2D eigenvalue weighted by atomic mass is 19.1. The van der Waals surface area contributed by atoms with Crippen molar-refractivity contribution in [1.82, 2.24) is 4.90 Å². The molecule has 0 aromatic heterocycles. The van der Waals surface area contributed by atoms with E-state index >= 15 is 0 Å². The number of methoxy groups -OCH3 is 1. The molecule has 0 bridgehead atoms. The molecule has 2 aromatic carbocycles. The van der Waals surface area contributed by atoms with Gasteiger partial charge in [-0.25, -0.2) is 9.18 Å². The van der Waals surface area contributed by atoms with Crippen LogP contribution in [-0.4, -0.2) is 49.6 Å². The summed E-state index contributed by atoms with van der Waals surface area (Å²) in [7, 11) is 1.25. The SMILES string of the molecule is CCOC(=O)[C@@]1(Cc2ccccc2F)CCCN(C(=O)c2ccccc2C(=O)OC)C1. The minimum Gasteiger partial charge on any atom is -0.466 e. The minimum absolute atomic E-state index is 0.0779. The van der Waals surface area contributed by atoms with Crippen molar-refractivity contribution in [3.8, 4) is 0 Å². The van der Waals surface area contributed by atoms with Crippen LogP contribution < -0.4 is 0 Å². The number of likely N-dealkylation sites (tertiary alicyclic amines) is 1. The molecule has 6 nitrogen and oxygen atoms in total. The first-order valence-corrected chi connectivity index (χ1v) is 10.3. The van der Waals surface area contributed by atoms with Crippen molar-refractivity contribution in [2.45, 2.75) is 26.2 Å². The van der Waals surface area contributed by atoms with Gasteiger partial charge in [-0.05, 0) is 49.9 Å². The van der Waals surface area contributed by atoms with E-state index in [0.29, 0.717) is 24.9 Å². The van der Waals surface area contributed by atoms with Crippen LogP contribution in [0.2, 0.25) is 0 Å². The third-order valence-corrected chi connectivity index (χ3v) is 5.62. The summed E-state index contributed by atoms with van der Waals surface area (Å²) in [6, 6.07) is 12.7. The van der Waals surface area contributed by atoms with Crippen molar-refractivity contribution in [3.63, 3.8) is 0 Å². The summed E-state index contributed by atoms with van der Waals surface area (Å²) in [6.45, 7) is 2.41. The van der Waals surface area contributed by atoms with Gasteiger partial charge in [0.2, 0.25) is 0 Å². The predicted molar refractivity (Wildman–Crippen MR) is 112 cm³/mol. The van der Waals surface area contributed by atoms with Crippen molar-refractivity contribution in [3.05, 3.63) is 71.0 Å². The van der Waals surface area contributed by atoms with Crippen LogP contribution in [0.5, 0.6) is 0 Å². The molecule has 31 heavy (non-hydrogen) atoms. The largest absolute Gasteiger partial charge is 0.466 e. The Morgan fingerprint density at radius 2 is 1.74 bits per heavy atom. The van der Waals surface area contributed by atoms with E-state index < -0.39 is 23.2 Å². The number of rotatable bonds is 6. The number of carbonyl (C=O) groups excluding carboxylic acids is 3. The fraction of sp³-hybridized carbons (Fsp3) is 0.375. The summed E-state index contributed by atoms with van der Waals surface area (Å²) >= 11 is 0. The molecule has 7 heteroatoms. The fourth-order valence-corrected chi connectivity index (χ4v) is 4.11. The smallest absolute Gasteiger partial charge is 0.338 e. The normalized spacial score (nSPS) is 18.4. The van der Waals surface area contributed by atoms with Gasteiger partial charge in [-0.2, -0.15) is 0 Å². The van der Waals surface area contributed by atoms with Gasteiger partial charge in [-0.15, -0.1) is 0 Å². The van der Waals surface area contributed by atoms with Crippen LogP contribution in [0, 0.1) is 11.2 Å². The predicted octanol–water partition coefficient (Wildman–Crippen LogP) is 3.64. The third kappa shape index (κ3) is 4.76. The van der Waals surface area contributed by atoms with E-state index in [9.17, 15) is 18.8 Å². The lowest BCUT2D eigenvalue weighted by molar-refractivity contribution is -0.158. The summed E-state index contributed by atoms with van der Waals surface area (Å²) in [5, 5.41) is 0. The lowest BCUT2D eigenvalue weighted by atomic mass is 9.74. The maximum Gasteiger partial charge on any atom is 0.338 e. The van der Waals surface area contributed by atoms with Crippen LogP contribution in [0.15, 0.2) is 48.5 Å². The molecule has 1 heterocycles. The van der Waals surface area contributed by atoms with Gasteiger partial charge in [0.15, 0.2) is 0 Å². The highest BCUT2D eigenvalue weighted by Crippen LogP contribution is 2.36. The Morgan fingerprint density at radius 3 is 2.42 bits per heavy atom. The molecule has 0 saturated carbocycles. The molecular weight excluding hydrogens is 401 g/mol. The molecule has 1 aliphatic heterocycles. The van der Waals surface area contributed by atoms with Gasteiger partial charge in [-0.3, -0.25) is 9.59 Å². The maximum atomic E-state index is 14.4. The van der Waals surface area contributed by atoms with Crippen LogP contribution in [0.3, 0.4) is 0 Å². The quantitative estimate of drug-likeness (QED) is 0.658. The molecule has 1 fully saturated rings. The highest BCUT2D eigenvalue weighted by molar-refractivity contribution is 6.05. The van der Waals surface area contributed by atoms with Crippen molar-refractivity contribution in [2.75, 3.05) is 26.8 Å². The number of halogens is 1. The zero-order chi connectivity index (χ0) is 22.4. The zero-order valence-electron chi connectivity index (χ0n) is 17.7. The Kier molecular flexibility index (Phi) is 7.05. The number of piperidine rings is 1. The van der Waals surface area contributed by atoms with Gasteiger partial charge in [0, 0.05) is 13.1 Å². The molecule has 1 amide bonds. The highest BCUT2D eigenvalue weighted by Gasteiger charge is 2.45. The second kappa shape index (κ2) is 9.73. The molecule has 164 valence electrons. The van der Waals surface area contributed by atoms with E-state index in [0.717, 1.165) is 0 Å². The third-order valence-electron chi connectivity index (χ3n) is 5.62. The van der Waals surface area contributed by atoms with Crippen LogP contribution in [-0.2, 0) is 20.7 Å². The van der Waals surface area contributed by atoms with Crippen LogP contribution in [0.4, 0.5) is 4.39 Å². The second-order valence-corrected chi connectivity index (χ2v) is 7.64. The minimum atomic E-state index is -1.06. The van der Waals surface area contributed by atoms with Crippen molar-refractivity contribution in [1.29, 1.82) is 0 Å². The number of ether oxygens (including phenoxy) is 2. The molecule has 0 spiro atoms. The molecule has 0 unspecified atom stereocenters. The van der Waals surface area contributed by atoms with E-state index in [-0.39, 0.29) is 36.6 Å². The lowest BCUT2D eigenvalue weighted by Gasteiger charge is -2.41. The summed E-state index contributed by atoms with van der Waals surface area (Å²) in [6.07, 6.45) is 1.16. The second-order valence-electron chi connectivity index (χ2n) is 7.64. The molecule has 1 saturated heterocycles. The summed E-state index contributed by atoms with van der Waals surface area (Å²) in [4.78, 5) is 40.0. The van der Waals surface area contributed by atoms with E-state index in [1.165, 1.54) is 19.2 Å². The fourth-order valence-electron chi connectivity index (χ4n) is 4.11. The molecular formula is C24H26FNO5. The average molecular weight is 427 g/mol. The Morgan fingerprint density at radius 1 is 1.06 bits per heavy atom. The summed E-state index contributed by atoms with van der Waals surface area (Å²) in [5.74, 6) is -1.82. The maximum absolute atomic E-state index is 14.4. The molecule has 1 atom stereocenters. The molecule has 0 aliphatic carbocycles. The van der Waals surface area contributed by atoms with Crippen molar-refractivity contribution in [2.24, 2.45) is 5.41 Å². The number of carbonyl (C=O) groups is 3. The molecule has 2 aromatic rings. The van der Waals surface area contributed by atoms with Gasteiger partial charge in [-0.1, -0.05) is 30.3 Å². The first-order valence-electron chi connectivity index (χ1n) is 10.3. The van der Waals surface area contributed by atoms with Crippen molar-refractivity contribution >= 4 is 17.8 Å². The monoisotopic (exact) mass is 427 g/mol. The van der Waals surface area contributed by atoms with E-state index in [2.05, 4.69) is 0 Å². The standard InChI is InChI=1S/C24H26FNO5/c1-3-31-23(29)24(15-17-9-4-7-12-20(17)25)13-8-14-26(16-24)21(27)18-10-5-6-11-19(18)22(28)30-2/h4-7,9-12H,3,8,13-16H2,1-2H3/t24-/m1/s1. The van der Waals surface area contributed by atoms with E-state index in [1.54, 1.807) is 48.2 Å². The Hall–Kier alpha value is -3.22. The van der Waals surface area contributed by atoms with E-state index in [4.69, 9.17) is 9.47 Å². The number of esters is 2. The Bertz CT molecular complexity index is 976. The van der Waals surface area contributed by atoms with Crippen LogP contribution in [0.25, 0.3) is 0 Å². The van der Waals surface area contributed by atoms with Gasteiger partial charge in [0.05, 0.1) is 30.3 Å². The first kappa shape index (κ1) is 22.5. The molecule has 1 aliphatic rings. The number of nitrogens with zero attached hydrogens (tertiary/aromatic N) is 1. The Balaban J connectivity index is 1.94. The summed E-state index contributed by atoms with van der Waals surface area (Å²) in [5.41, 5.74) is -0.289. The lowest BCUT2D eigenvalue weighted by Crippen LogP contribution is -2.52. The number of amides is 1. The molecule has 0 N–H and O–H groups in total.